The lowest BCUT2D eigenvalue weighted by molar-refractivity contribution is 0.327. The number of para-hydroxylation sites is 1. The normalized spacial score (nSPS) is 22.2. The van der Waals surface area contributed by atoms with Crippen LogP contribution in [0, 0.1) is 5.92 Å². The molecule has 0 spiro atoms. The predicted octanol–water partition coefficient (Wildman–Crippen LogP) is 4.30. The van der Waals surface area contributed by atoms with Crippen LogP contribution in [0.3, 0.4) is 0 Å². The van der Waals surface area contributed by atoms with Crippen molar-refractivity contribution in [3.8, 4) is 5.69 Å². The van der Waals surface area contributed by atoms with Crippen LogP contribution in [-0.4, -0.2) is 20.8 Å². The van der Waals surface area contributed by atoms with Crippen molar-refractivity contribution in [3.05, 3.63) is 35.9 Å². The first kappa shape index (κ1) is 14.4. The first-order chi connectivity index (χ1) is 10.3. The summed E-state index contributed by atoms with van der Waals surface area (Å²) in [5, 5.41) is 8.57. The van der Waals surface area contributed by atoms with Gasteiger partial charge >= 0.3 is 0 Å². The molecule has 0 aliphatic heterocycles. The van der Waals surface area contributed by atoms with Gasteiger partial charge in [0, 0.05) is 6.04 Å². The highest BCUT2D eigenvalue weighted by Gasteiger charge is 2.22. The van der Waals surface area contributed by atoms with Gasteiger partial charge in [0.05, 0.1) is 10.7 Å². The van der Waals surface area contributed by atoms with E-state index in [9.17, 15) is 0 Å². The Hall–Kier alpha value is -1.55. The van der Waals surface area contributed by atoms with Crippen molar-refractivity contribution in [2.45, 2.75) is 45.1 Å². The van der Waals surface area contributed by atoms with Crippen molar-refractivity contribution < 1.29 is 0 Å². The second-order valence-electron chi connectivity index (χ2n) is 5.76. The van der Waals surface area contributed by atoms with Gasteiger partial charge in [-0.25, -0.2) is 9.67 Å². The molecule has 3 rings (SSSR count). The van der Waals surface area contributed by atoms with Gasteiger partial charge in [0.25, 0.3) is 0 Å². The zero-order valence-corrected chi connectivity index (χ0v) is 13.1. The molecule has 21 heavy (non-hydrogen) atoms. The molecule has 0 bridgehead atoms. The lowest BCUT2D eigenvalue weighted by Crippen LogP contribution is -2.27. The maximum absolute atomic E-state index is 6.37. The van der Waals surface area contributed by atoms with Gasteiger partial charge in [0.2, 0.25) is 0 Å². The van der Waals surface area contributed by atoms with Crippen molar-refractivity contribution in [3.63, 3.8) is 0 Å². The molecular formula is C16H21ClN4. The van der Waals surface area contributed by atoms with Gasteiger partial charge in [-0.1, -0.05) is 43.9 Å². The summed E-state index contributed by atoms with van der Waals surface area (Å²) in [5.41, 5.74) is 1.92. The summed E-state index contributed by atoms with van der Waals surface area (Å²) < 4.78 is 1.73. The van der Waals surface area contributed by atoms with Gasteiger partial charge in [0.15, 0.2) is 0 Å². The topological polar surface area (TPSA) is 42.7 Å². The summed E-state index contributed by atoms with van der Waals surface area (Å²) in [7, 11) is 0. The van der Waals surface area contributed by atoms with Gasteiger partial charge in [0.1, 0.15) is 18.3 Å². The third-order valence-corrected chi connectivity index (χ3v) is 4.66. The molecule has 1 aliphatic rings. The Morgan fingerprint density at radius 1 is 1.38 bits per heavy atom. The van der Waals surface area contributed by atoms with E-state index in [0.29, 0.717) is 11.1 Å². The highest BCUT2D eigenvalue weighted by molar-refractivity contribution is 6.33. The van der Waals surface area contributed by atoms with E-state index in [2.05, 4.69) is 28.4 Å². The Balaban J connectivity index is 1.84. The van der Waals surface area contributed by atoms with E-state index in [1.807, 2.05) is 12.1 Å². The molecule has 0 radical (unpaired) electrons. The Bertz CT molecular complexity index is 582. The van der Waals surface area contributed by atoms with Crippen molar-refractivity contribution in [1.82, 2.24) is 14.8 Å². The SMILES string of the molecule is CCC1CCCC(Nc2cccc(Cl)c2-n2cncn2)C1. The van der Waals surface area contributed by atoms with Crippen LogP contribution in [-0.2, 0) is 0 Å². The molecule has 5 heteroatoms. The average molecular weight is 305 g/mol. The van der Waals surface area contributed by atoms with Crippen LogP contribution < -0.4 is 5.32 Å². The number of nitrogens with one attached hydrogen (secondary N) is 1. The second kappa shape index (κ2) is 6.48. The van der Waals surface area contributed by atoms with Crippen LogP contribution in [0.1, 0.15) is 39.0 Å². The number of anilines is 1. The van der Waals surface area contributed by atoms with Crippen LogP contribution in [0.15, 0.2) is 30.9 Å². The molecule has 4 nitrogen and oxygen atoms in total. The Morgan fingerprint density at radius 3 is 3.05 bits per heavy atom. The number of benzene rings is 1. The quantitative estimate of drug-likeness (QED) is 0.915. The fraction of sp³-hybridized carbons (Fsp3) is 0.500. The van der Waals surface area contributed by atoms with Gasteiger partial charge in [-0.15, -0.1) is 0 Å². The first-order valence-corrected chi connectivity index (χ1v) is 8.05. The summed E-state index contributed by atoms with van der Waals surface area (Å²) >= 11 is 6.37. The maximum Gasteiger partial charge on any atom is 0.138 e. The summed E-state index contributed by atoms with van der Waals surface area (Å²) in [4.78, 5) is 4.02. The third-order valence-electron chi connectivity index (χ3n) is 4.35. The highest BCUT2D eigenvalue weighted by Crippen LogP contribution is 2.32. The van der Waals surface area contributed by atoms with E-state index < -0.39 is 0 Å². The molecule has 1 saturated carbocycles. The molecule has 1 aliphatic carbocycles. The largest absolute Gasteiger partial charge is 0.381 e. The number of hydrogen-bond acceptors (Lipinski definition) is 3. The molecule has 1 heterocycles. The van der Waals surface area contributed by atoms with Gasteiger partial charge in [-0.3, -0.25) is 0 Å². The summed E-state index contributed by atoms with van der Waals surface area (Å²) in [6.07, 6.45) is 9.60. The standard InChI is InChI=1S/C16H21ClN4/c1-2-12-5-3-6-13(9-12)20-15-8-4-7-14(17)16(15)21-11-18-10-19-21/h4,7-8,10-13,20H,2-3,5-6,9H2,1H3. The zero-order chi connectivity index (χ0) is 14.7. The van der Waals surface area contributed by atoms with Crippen LogP contribution in [0.2, 0.25) is 5.02 Å². The maximum atomic E-state index is 6.37. The van der Waals surface area contributed by atoms with E-state index in [0.717, 1.165) is 17.3 Å². The van der Waals surface area contributed by atoms with Gasteiger partial charge in [-0.05, 0) is 30.9 Å². The van der Waals surface area contributed by atoms with Crippen molar-refractivity contribution in [2.24, 2.45) is 5.92 Å². The van der Waals surface area contributed by atoms with E-state index in [4.69, 9.17) is 11.6 Å². The molecule has 1 aromatic heterocycles. The van der Waals surface area contributed by atoms with Gasteiger partial charge in [-0.2, -0.15) is 5.10 Å². The lowest BCUT2D eigenvalue weighted by Gasteiger charge is -2.30. The molecule has 2 atom stereocenters. The lowest BCUT2D eigenvalue weighted by atomic mass is 9.84. The van der Waals surface area contributed by atoms with Crippen molar-refractivity contribution in [2.75, 3.05) is 5.32 Å². The van der Waals surface area contributed by atoms with E-state index >= 15 is 0 Å². The summed E-state index contributed by atoms with van der Waals surface area (Å²) in [6, 6.07) is 6.45. The molecule has 1 N–H and O–H groups in total. The molecular weight excluding hydrogens is 284 g/mol. The predicted molar refractivity (Wildman–Crippen MR) is 86.0 cm³/mol. The molecule has 0 amide bonds. The monoisotopic (exact) mass is 304 g/mol. The number of aromatic nitrogens is 3. The zero-order valence-electron chi connectivity index (χ0n) is 12.3. The number of rotatable bonds is 4. The highest BCUT2D eigenvalue weighted by atomic mass is 35.5. The summed E-state index contributed by atoms with van der Waals surface area (Å²) in [5.74, 6) is 0.838. The molecule has 112 valence electrons. The molecule has 2 aromatic rings. The molecule has 2 unspecified atom stereocenters. The summed E-state index contributed by atoms with van der Waals surface area (Å²) in [6.45, 7) is 2.28. The fourth-order valence-electron chi connectivity index (χ4n) is 3.20. The van der Waals surface area contributed by atoms with Crippen LogP contribution in [0.5, 0.6) is 0 Å². The minimum Gasteiger partial charge on any atom is -0.381 e. The Morgan fingerprint density at radius 2 is 2.29 bits per heavy atom. The molecule has 1 fully saturated rings. The fourth-order valence-corrected chi connectivity index (χ4v) is 3.46. The van der Waals surface area contributed by atoms with Gasteiger partial charge < -0.3 is 5.32 Å². The first-order valence-electron chi connectivity index (χ1n) is 7.68. The minimum absolute atomic E-state index is 0.518. The number of nitrogens with zero attached hydrogens (tertiary/aromatic N) is 3. The van der Waals surface area contributed by atoms with Crippen molar-refractivity contribution >= 4 is 17.3 Å². The third kappa shape index (κ3) is 3.21. The number of halogens is 1. The van der Waals surface area contributed by atoms with Crippen LogP contribution in [0.4, 0.5) is 5.69 Å². The van der Waals surface area contributed by atoms with E-state index in [1.165, 1.54) is 38.4 Å². The smallest absolute Gasteiger partial charge is 0.138 e. The average Bonchev–Trinajstić information content (AvgIpc) is 3.01. The van der Waals surface area contributed by atoms with Crippen LogP contribution >= 0.6 is 11.6 Å². The van der Waals surface area contributed by atoms with E-state index in [-0.39, 0.29) is 0 Å². The van der Waals surface area contributed by atoms with Crippen LogP contribution in [0.25, 0.3) is 5.69 Å². The minimum atomic E-state index is 0.518. The molecule has 1 aromatic carbocycles. The second-order valence-corrected chi connectivity index (χ2v) is 6.17. The Kier molecular flexibility index (Phi) is 4.44. The molecule has 0 saturated heterocycles. The number of hydrogen-bond donors (Lipinski definition) is 1. The van der Waals surface area contributed by atoms with Crippen molar-refractivity contribution in [1.29, 1.82) is 0 Å². The Labute approximate surface area is 130 Å². The van der Waals surface area contributed by atoms with E-state index in [1.54, 1.807) is 11.0 Å².